The molecule has 1 unspecified atom stereocenters. The van der Waals surface area contributed by atoms with Gasteiger partial charge in [0, 0.05) is 0 Å². The second-order valence-corrected chi connectivity index (χ2v) is 3.98. The van der Waals surface area contributed by atoms with Gasteiger partial charge in [-0.15, -0.1) is 0 Å². The van der Waals surface area contributed by atoms with Crippen molar-refractivity contribution < 1.29 is 0 Å². The van der Waals surface area contributed by atoms with Crippen molar-refractivity contribution in [3.05, 3.63) is 13.3 Å². The molecule has 1 aliphatic rings. The van der Waals surface area contributed by atoms with E-state index in [0.29, 0.717) is 0 Å². The minimum atomic E-state index is 0.962. The first-order valence-electron chi connectivity index (χ1n) is 5.56. The summed E-state index contributed by atoms with van der Waals surface area (Å²) in [6.45, 7) is 3.86. The fourth-order valence-corrected chi connectivity index (χ4v) is 2.04. The first kappa shape index (κ1) is 10.1. The molecule has 0 heterocycles. The molecular formula is C12H22. The van der Waals surface area contributed by atoms with Crippen LogP contribution in [0.2, 0.25) is 0 Å². The van der Waals surface area contributed by atoms with Crippen molar-refractivity contribution in [2.45, 2.75) is 57.8 Å². The summed E-state index contributed by atoms with van der Waals surface area (Å²) in [6, 6.07) is 0. The molecule has 0 heteroatoms. The van der Waals surface area contributed by atoms with Crippen LogP contribution in [-0.2, 0) is 0 Å². The highest BCUT2D eigenvalue weighted by atomic mass is 14.2. The van der Waals surface area contributed by atoms with E-state index in [1.54, 1.807) is 0 Å². The molecule has 0 nitrogen and oxygen atoms in total. The van der Waals surface area contributed by atoms with Crippen LogP contribution in [-0.4, -0.2) is 0 Å². The van der Waals surface area contributed by atoms with Gasteiger partial charge in [0.25, 0.3) is 0 Å². The fraction of sp³-hybridized carbons (Fsp3) is 0.833. The Bertz CT molecular complexity index is 90.2. The molecule has 1 saturated carbocycles. The zero-order valence-corrected chi connectivity index (χ0v) is 8.23. The Morgan fingerprint density at radius 2 is 2.08 bits per heavy atom. The van der Waals surface area contributed by atoms with Gasteiger partial charge in [0.05, 0.1) is 0 Å². The van der Waals surface area contributed by atoms with Gasteiger partial charge in [0.2, 0.25) is 0 Å². The molecule has 0 spiro atoms. The Morgan fingerprint density at radius 3 is 2.75 bits per heavy atom. The number of hydrogen-bond donors (Lipinski definition) is 0. The molecule has 0 N–H and O–H groups in total. The van der Waals surface area contributed by atoms with Crippen molar-refractivity contribution in [2.24, 2.45) is 5.92 Å². The van der Waals surface area contributed by atoms with Crippen LogP contribution in [0.4, 0.5) is 0 Å². The second kappa shape index (κ2) is 6.51. The monoisotopic (exact) mass is 166 g/mol. The fourth-order valence-electron chi connectivity index (χ4n) is 2.04. The van der Waals surface area contributed by atoms with E-state index in [4.69, 9.17) is 0 Å². The van der Waals surface area contributed by atoms with Crippen LogP contribution < -0.4 is 0 Å². The van der Waals surface area contributed by atoms with Gasteiger partial charge in [-0.1, -0.05) is 58.3 Å². The van der Waals surface area contributed by atoms with Gasteiger partial charge >= 0.3 is 0 Å². The van der Waals surface area contributed by atoms with Gasteiger partial charge in [-0.25, -0.2) is 0 Å². The molecule has 0 aromatic rings. The Hall–Kier alpha value is 0. The van der Waals surface area contributed by atoms with Crippen molar-refractivity contribution in [1.29, 1.82) is 0 Å². The van der Waals surface area contributed by atoms with Crippen LogP contribution in [0.15, 0.2) is 0 Å². The lowest BCUT2D eigenvalue weighted by Gasteiger charge is -2.20. The van der Waals surface area contributed by atoms with Crippen LogP contribution in [0.1, 0.15) is 57.8 Å². The Labute approximate surface area is 77.7 Å². The van der Waals surface area contributed by atoms with Gasteiger partial charge in [0.1, 0.15) is 0 Å². The van der Waals surface area contributed by atoms with Gasteiger partial charge < -0.3 is 0 Å². The van der Waals surface area contributed by atoms with Crippen molar-refractivity contribution in [3.8, 4) is 0 Å². The molecule has 1 atom stereocenters. The summed E-state index contributed by atoms with van der Waals surface area (Å²) >= 11 is 0. The Balaban J connectivity index is 1.91. The minimum absolute atomic E-state index is 0.962. The SMILES string of the molecule is [CH2]CCCCCC1[CH]CCCC1. The maximum Gasteiger partial charge on any atom is -0.0355 e. The van der Waals surface area contributed by atoms with Crippen LogP contribution in [0.5, 0.6) is 0 Å². The third-order valence-corrected chi connectivity index (χ3v) is 2.85. The molecule has 0 aromatic carbocycles. The molecule has 0 saturated heterocycles. The molecule has 1 aliphatic carbocycles. The molecular weight excluding hydrogens is 144 g/mol. The van der Waals surface area contributed by atoms with E-state index in [0.717, 1.165) is 12.3 Å². The topological polar surface area (TPSA) is 0 Å². The quantitative estimate of drug-likeness (QED) is 0.538. The van der Waals surface area contributed by atoms with E-state index in [-0.39, 0.29) is 0 Å². The highest BCUT2D eigenvalue weighted by molar-refractivity contribution is 4.80. The number of unbranched alkanes of at least 4 members (excludes halogenated alkanes) is 3. The van der Waals surface area contributed by atoms with Crippen molar-refractivity contribution >= 4 is 0 Å². The summed E-state index contributed by atoms with van der Waals surface area (Å²) in [5.74, 6) is 0.962. The predicted molar refractivity (Wildman–Crippen MR) is 54.7 cm³/mol. The van der Waals surface area contributed by atoms with E-state index < -0.39 is 0 Å². The summed E-state index contributed by atoms with van der Waals surface area (Å²) < 4.78 is 0. The van der Waals surface area contributed by atoms with E-state index in [2.05, 4.69) is 13.3 Å². The molecule has 0 aromatic heterocycles. The van der Waals surface area contributed by atoms with Crippen LogP contribution in [0.25, 0.3) is 0 Å². The van der Waals surface area contributed by atoms with E-state index in [9.17, 15) is 0 Å². The highest BCUT2D eigenvalue weighted by Gasteiger charge is 2.12. The largest absolute Gasteiger partial charge is 0.0533 e. The smallest absolute Gasteiger partial charge is 0.0355 e. The summed E-state index contributed by atoms with van der Waals surface area (Å²) in [6.07, 6.45) is 15.0. The van der Waals surface area contributed by atoms with E-state index >= 15 is 0 Å². The maximum atomic E-state index is 3.86. The number of hydrogen-bond acceptors (Lipinski definition) is 0. The van der Waals surface area contributed by atoms with Crippen molar-refractivity contribution in [3.63, 3.8) is 0 Å². The number of rotatable bonds is 5. The zero-order valence-electron chi connectivity index (χ0n) is 8.23. The lowest BCUT2D eigenvalue weighted by atomic mass is 9.85. The van der Waals surface area contributed by atoms with Crippen molar-refractivity contribution in [2.75, 3.05) is 0 Å². The van der Waals surface area contributed by atoms with Crippen LogP contribution in [0.3, 0.4) is 0 Å². The average molecular weight is 166 g/mol. The molecule has 1 fully saturated rings. The molecule has 12 heavy (non-hydrogen) atoms. The third kappa shape index (κ3) is 4.13. The first-order valence-corrected chi connectivity index (χ1v) is 5.56. The molecule has 0 amide bonds. The standard InChI is InChI=1S/C12H22/c1-2-3-4-6-9-12-10-7-5-8-11-12/h10,12H,1-9,11H2. The lowest BCUT2D eigenvalue weighted by Crippen LogP contribution is -2.06. The molecule has 0 bridgehead atoms. The first-order chi connectivity index (χ1) is 5.93. The minimum Gasteiger partial charge on any atom is -0.0533 e. The van der Waals surface area contributed by atoms with Gasteiger partial charge in [-0.05, 0) is 18.8 Å². The molecule has 2 radical (unpaired) electrons. The summed E-state index contributed by atoms with van der Waals surface area (Å²) in [5.41, 5.74) is 0. The van der Waals surface area contributed by atoms with Gasteiger partial charge in [0.15, 0.2) is 0 Å². The van der Waals surface area contributed by atoms with Gasteiger partial charge in [-0.2, -0.15) is 0 Å². The zero-order chi connectivity index (χ0) is 8.65. The molecule has 70 valence electrons. The van der Waals surface area contributed by atoms with Crippen molar-refractivity contribution in [1.82, 2.24) is 0 Å². The van der Waals surface area contributed by atoms with Crippen LogP contribution in [0, 0.1) is 19.3 Å². The molecule has 0 aliphatic heterocycles. The maximum absolute atomic E-state index is 3.86. The highest BCUT2D eigenvalue weighted by Crippen LogP contribution is 2.26. The van der Waals surface area contributed by atoms with E-state index in [1.807, 2.05) is 0 Å². The predicted octanol–water partition coefficient (Wildman–Crippen LogP) is 4.17. The second-order valence-electron chi connectivity index (χ2n) is 3.98. The lowest BCUT2D eigenvalue weighted by molar-refractivity contribution is 0.405. The Morgan fingerprint density at radius 1 is 1.17 bits per heavy atom. The van der Waals surface area contributed by atoms with E-state index in [1.165, 1.54) is 51.4 Å². The molecule has 1 rings (SSSR count). The van der Waals surface area contributed by atoms with Crippen LogP contribution >= 0.6 is 0 Å². The normalized spacial score (nSPS) is 19.8. The Kier molecular flexibility index (Phi) is 5.47. The summed E-state index contributed by atoms with van der Waals surface area (Å²) in [7, 11) is 0. The summed E-state index contributed by atoms with van der Waals surface area (Å²) in [5, 5.41) is 0. The average Bonchev–Trinajstić information content (AvgIpc) is 2.14. The van der Waals surface area contributed by atoms with Gasteiger partial charge in [-0.3, -0.25) is 0 Å². The third-order valence-electron chi connectivity index (χ3n) is 2.85. The summed E-state index contributed by atoms with van der Waals surface area (Å²) in [4.78, 5) is 0.